The second-order valence-corrected chi connectivity index (χ2v) is 7.12. The lowest BCUT2D eigenvalue weighted by Gasteiger charge is -2.29. The molecule has 0 aliphatic carbocycles. The van der Waals surface area contributed by atoms with E-state index in [1.54, 1.807) is 42.5 Å². The number of allylic oxidation sites excluding steroid dienone is 1. The van der Waals surface area contributed by atoms with Gasteiger partial charge in [-0.3, -0.25) is 19.8 Å². The molecule has 0 bridgehead atoms. The molecule has 2 aromatic carbocycles. The molecule has 0 spiro atoms. The zero-order valence-corrected chi connectivity index (χ0v) is 16.5. The fraction of sp³-hybridized carbons (Fsp3) is 0.0500. The number of thiocarbonyl (C=S) groups is 1. The summed E-state index contributed by atoms with van der Waals surface area (Å²) in [6, 6.07) is 11.9. The number of phenols is 1. The van der Waals surface area contributed by atoms with Crippen LogP contribution in [0.25, 0.3) is 6.08 Å². The van der Waals surface area contributed by atoms with Gasteiger partial charge in [0.1, 0.15) is 11.3 Å². The molecule has 0 aromatic heterocycles. The van der Waals surface area contributed by atoms with E-state index in [0.29, 0.717) is 23.2 Å². The summed E-state index contributed by atoms with van der Waals surface area (Å²) in [7, 11) is 0. The van der Waals surface area contributed by atoms with Crippen molar-refractivity contribution in [1.82, 2.24) is 5.32 Å². The minimum Gasteiger partial charge on any atom is -0.508 e. The Balaban J connectivity index is 2.00. The molecule has 0 saturated carbocycles. The molecule has 2 aromatic rings. The lowest BCUT2D eigenvalue weighted by Crippen LogP contribution is -2.54. The predicted octanol–water partition coefficient (Wildman–Crippen LogP) is 3.71. The lowest BCUT2D eigenvalue weighted by molar-refractivity contribution is -0.122. The number of nitrogens with one attached hydrogen (secondary N) is 1. The summed E-state index contributed by atoms with van der Waals surface area (Å²) in [5, 5.41) is 12.5. The minimum absolute atomic E-state index is 0.0301. The van der Waals surface area contributed by atoms with Crippen LogP contribution in [0.3, 0.4) is 0 Å². The number of rotatable bonds is 4. The first-order valence-corrected chi connectivity index (χ1v) is 9.20. The zero-order chi connectivity index (χ0) is 19.6. The normalized spacial score (nSPS) is 15.8. The topological polar surface area (TPSA) is 69.6 Å². The van der Waals surface area contributed by atoms with Crippen molar-refractivity contribution in [2.24, 2.45) is 0 Å². The van der Waals surface area contributed by atoms with Gasteiger partial charge >= 0.3 is 0 Å². The Morgan fingerprint density at radius 3 is 2.56 bits per heavy atom. The van der Waals surface area contributed by atoms with Crippen LogP contribution in [0.2, 0.25) is 0 Å². The zero-order valence-electron chi connectivity index (χ0n) is 14.1. The van der Waals surface area contributed by atoms with E-state index in [1.807, 2.05) is 0 Å². The summed E-state index contributed by atoms with van der Waals surface area (Å²) in [6.07, 6.45) is 3.62. The summed E-state index contributed by atoms with van der Waals surface area (Å²) in [5.74, 6) is -0.935. The number of carbonyl (C=O) groups excluding carboxylic acids is 2. The Bertz CT molecular complexity index is 983. The van der Waals surface area contributed by atoms with Gasteiger partial charge in [0.15, 0.2) is 5.11 Å². The van der Waals surface area contributed by atoms with E-state index in [-0.39, 0.29) is 16.4 Å². The number of hydrogen-bond acceptors (Lipinski definition) is 4. The largest absolute Gasteiger partial charge is 0.508 e. The van der Waals surface area contributed by atoms with Gasteiger partial charge < -0.3 is 5.11 Å². The number of amides is 2. The van der Waals surface area contributed by atoms with Gasteiger partial charge in [-0.15, -0.1) is 6.58 Å². The number of carbonyl (C=O) groups is 2. The fourth-order valence-corrected chi connectivity index (χ4v) is 3.21. The Kier molecular flexibility index (Phi) is 5.53. The summed E-state index contributed by atoms with van der Waals surface area (Å²) in [6.45, 7) is 3.66. The first-order chi connectivity index (χ1) is 12.9. The molecule has 1 aliphatic rings. The SMILES string of the molecule is C=CCc1cc(/C=C2/C(=O)NC(=S)N(c3ccc(Br)cc3)C2=O)ccc1O. The molecule has 1 heterocycles. The van der Waals surface area contributed by atoms with Crippen LogP contribution >= 0.6 is 28.1 Å². The van der Waals surface area contributed by atoms with Gasteiger partial charge in [0.25, 0.3) is 11.8 Å². The van der Waals surface area contributed by atoms with Crippen molar-refractivity contribution >= 4 is 56.8 Å². The van der Waals surface area contributed by atoms with Gasteiger partial charge in [0.05, 0.1) is 5.69 Å². The second-order valence-electron chi connectivity index (χ2n) is 5.82. The summed E-state index contributed by atoms with van der Waals surface area (Å²) >= 11 is 8.52. The van der Waals surface area contributed by atoms with E-state index in [0.717, 1.165) is 4.47 Å². The van der Waals surface area contributed by atoms with Gasteiger partial charge in [-0.2, -0.15) is 0 Å². The predicted molar refractivity (Wildman–Crippen MR) is 112 cm³/mol. The Morgan fingerprint density at radius 2 is 1.89 bits per heavy atom. The molecule has 7 heteroatoms. The van der Waals surface area contributed by atoms with E-state index >= 15 is 0 Å². The fourth-order valence-electron chi connectivity index (χ4n) is 2.66. The number of nitrogens with zero attached hydrogens (tertiary/aromatic N) is 1. The van der Waals surface area contributed by atoms with Crippen molar-refractivity contribution in [2.75, 3.05) is 4.90 Å². The van der Waals surface area contributed by atoms with Crippen molar-refractivity contribution < 1.29 is 14.7 Å². The van der Waals surface area contributed by atoms with Gasteiger partial charge in [0.2, 0.25) is 0 Å². The van der Waals surface area contributed by atoms with Gasteiger partial charge in [-0.05, 0) is 72.2 Å². The molecule has 1 saturated heterocycles. The number of aromatic hydroxyl groups is 1. The van der Waals surface area contributed by atoms with Gasteiger partial charge in [-0.1, -0.05) is 28.1 Å². The van der Waals surface area contributed by atoms with Gasteiger partial charge in [-0.25, -0.2) is 0 Å². The molecule has 5 nitrogen and oxygen atoms in total. The monoisotopic (exact) mass is 442 g/mol. The average Bonchev–Trinajstić information content (AvgIpc) is 2.63. The highest BCUT2D eigenvalue weighted by molar-refractivity contribution is 9.10. The minimum atomic E-state index is -0.559. The maximum atomic E-state index is 12.9. The number of hydrogen-bond donors (Lipinski definition) is 2. The molecule has 3 rings (SSSR count). The summed E-state index contributed by atoms with van der Waals surface area (Å²) in [4.78, 5) is 26.6. The maximum Gasteiger partial charge on any atom is 0.270 e. The molecular weight excluding hydrogens is 428 g/mol. The highest BCUT2D eigenvalue weighted by Crippen LogP contribution is 2.25. The standard InChI is InChI=1S/C20H15BrN2O3S/c1-2-3-13-10-12(4-9-17(13)24)11-16-18(25)22-20(27)23(19(16)26)15-7-5-14(21)6-8-15/h2,4-11,24H,1,3H2,(H,22,25,27)/b16-11-. The molecule has 27 heavy (non-hydrogen) atoms. The molecule has 0 atom stereocenters. The van der Waals surface area contributed by atoms with Crippen LogP contribution < -0.4 is 10.2 Å². The molecule has 2 N–H and O–H groups in total. The molecular formula is C20H15BrN2O3S. The molecule has 0 unspecified atom stereocenters. The highest BCUT2D eigenvalue weighted by Gasteiger charge is 2.34. The van der Waals surface area contributed by atoms with Crippen LogP contribution in [0.15, 0.2) is 65.2 Å². The van der Waals surface area contributed by atoms with E-state index in [9.17, 15) is 14.7 Å². The summed E-state index contributed by atoms with van der Waals surface area (Å²) < 4.78 is 0.861. The van der Waals surface area contributed by atoms with Crippen LogP contribution in [0.4, 0.5) is 5.69 Å². The Hall–Kier alpha value is -2.77. The third kappa shape index (κ3) is 3.99. The highest BCUT2D eigenvalue weighted by atomic mass is 79.9. The van der Waals surface area contributed by atoms with E-state index in [2.05, 4.69) is 27.8 Å². The molecule has 2 amide bonds. The van der Waals surface area contributed by atoms with Crippen LogP contribution in [0.5, 0.6) is 5.75 Å². The van der Waals surface area contributed by atoms with Crippen LogP contribution in [0, 0.1) is 0 Å². The Morgan fingerprint density at radius 1 is 1.19 bits per heavy atom. The van der Waals surface area contributed by atoms with Crippen molar-refractivity contribution in [3.05, 3.63) is 76.3 Å². The van der Waals surface area contributed by atoms with Crippen LogP contribution in [-0.2, 0) is 16.0 Å². The molecule has 1 fully saturated rings. The smallest absolute Gasteiger partial charge is 0.270 e. The number of anilines is 1. The number of halogens is 1. The third-order valence-corrected chi connectivity index (χ3v) is 4.78. The quantitative estimate of drug-likeness (QED) is 0.327. The van der Waals surface area contributed by atoms with Gasteiger partial charge in [0, 0.05) is 4.47 Å². The third-order valence-electron chi connectivity index (χ3n) is 3.97. The molecule has 0 radical (unpaired) electrons. The summed E-state index contributed by atoms with van der Waals surface area (Å²) in [5.41, 5.74) is 1.79. The molecule has 136 valence electrons. The number of phenolic OH excluding ortho intramolecular Hbond substituents is 1. The average molecular weight is 443 g/mol. The van der Waals surface area contributed by atoms with E-state index in [1.165, 1.54) is 17.0 Å². The van der Waals surface area contributed by atoms with Crippen LogP contribution in [-0.4, -0.2) is 22.0 Å². The van der Waals surface area contributed by atoms with E-state index < -0.39 is 11.8 Å². The van der Waals surface area contributed by atoms with Crippen LogP contribution in [0.1, 0.15) is 11.1 Å². The van der Waals surface area contributed by atoms with Crippen molar-refractivity contribution in [3.8, 4) is 5.75 Å². The van der Waals surface area contributed by atoms with Crippen molar-refractivity contribution in [2.45, 2.75) is 6.42 Å². The number of benzene rings is 2. The first kappa shape index (κ1) is 19.0. The van der Waals surface area contributed by atoms with Crippen molar-refractivity contribution in [3.63, 3.8) is 0 Å². The Labute approximate surface area is 170 Å². The van der Waals surface area contributed by atoms with Crippen molar-refractivity contribution in [1.29, 1.82) is 0 Å². The molecule has 1 aliphatic heterocycles. The lowest BCUT2D eigenvalue weighted by atomic mass is 10.0. The second kappa shape index (κ2) is 7.85. The van der Waals surface area contributed by atoms with E-state index in [4.69, 9.17) is 12.2 Å². The first-order valence-electron chi connectivity index (χ1n) is 8.00. The maximum absolute atomic E-state index is 12.9.